The predicted octanol–water partition coefficient (Wildman–Crippen LogP) is 5.17. The molecule has 3 fully saturated rings. The van der Waals surface area contributed by atoms with Crippen molar-refractivity contribution < 1.29 is 0 Å². The molecule has 4 aliphatic rings. The first-order valence-electron chi connectivity index (χ1n) is 12.7. The summed E-state index contributed by atoms with van der Waals surface area (Å²) in [6.45, 7) is 8.30. The van der Waals surface area contributed by atoms with Gasteiger partial charge in [-0.3, -0.25) is 5.01 Å². The third-order valence-electron chi connectivity index (χ3n) is 6.76. The molecule has 1 aromatic rings. The summed E-state index contributed by atoms with van der Waals surface area (Å²) >= 11 is 0. The number of anilines is 1. The molecule has 0 spiro atoms. The smallest absolute Gasteiger partial charge is 0.128 e. The second-order valence-electron chi connectivity index (χ2n) is 9.21. The average molecular weight is 470 g/mol. The van der Waals surface area contributed by atoms with Crippen LogP contribution in [0, 0.1) is 16.7 Å². The molecular weight excluding hydrogens is 434 g/mol. The Kier molecular flexibility index (Phi) is 7.81. The van der Waals surface area contributed by atoms with Crippen LogP contribution < -0.4 is 10.2 Å². The summed E-state index contributed by atoms with van der Waals surface area (Å²) in [4.78, 5) is 7.16. The van der Waals surface area contributed by atoms with E-state index >= 15 is 0 Å². The van der Waals surface area contributed by atoms with E-state index in [9.17, 15) is 5.26 Å². The maximum atomic E-state index is 9.50. The van der Waals surface area contributed by atoms with E-state index in [0.29, 0.717) is 23.4 Å². The Hall–Kier alpha value is -3.66. The fourth-order valence-corrected chi connectivity index (χ4v) is 4.88. The second kappa shape index (κ2) is 11.2. The van der Waals surface area contributed by atoms with Crippen LogP contribution in [0.5, 0.6) is 0 Å². The number of dihydropyridines is 1. The monoisotopic (exact) mass is 469 g/mol. The third kappa shape index (κ3) is 5.22. The first-order valence-corrected chi connectivity index (χ1v) is 12.7. The van der Waals surface area contributed by atoms with Crippen molar-refractivity contribution in [3.63, 3.8) is 0 Å². The van der Waals surface area contributed by atoms with Crippen molar-refractivity contribution in [1.82, 2.24) is 15.3 Å². The SMILES string of the molecule is CC/C=C\C(CC)=N/N1C2CC1CN(c1ccc(C3=CC(CCC)=CN/C3=C(/C#N)C=N)cn1)C2. The molecule has 7 nitrogen and oxygen atoms in total. The van der Waals surface area contributed by atoms with Gasteiger partial charge in [-0.2, -0.15) is 10.4 Å². The van der Waals surface area contributed by atoms with E-state index < -0.39 is 0 Å². The highest BCUT2D eigenvalue weighted by molar-refractivity contribution is 5.94. The lowest BCUT2D eigenvalue weighted by molar-refractivity contribution is 0.00154. The van der Waals surface area contributed by atoms with Crippen LogP contribution in [0.15, 0.2) is 64.7 Å². The lowest BCUT2D eigenvalue weighted by Crippen LogP contribution is -2.67. The third-order valence-corrected chi connectivity index (χ3v) is 6.76. The first kappa shape index (κ1) is 24.5. The van der Waals surface area contributed by atoms with Crippen LogP contribution in [0.1, 0.15) is 58.4 Å². The number of piperidine rings is 1. The largest absolute Gasteiger partial charge is 0.360 e. The number of nitrogens with zero attached hydrogens (tertiary/aromatic N) is 5. The Morgan fingerprint density at radius 2 is 2.09 bits per heavy atom. The van der Waals surface area contributed by atoms with Crippen LogP contribution in [0.2, 0.25) is 0 Å². The van der Waals surface area contributed by atoms with Crippen molar-refractivity contribution in [3.05, 3.63) is 65.2 Å². The van der Waals surface area contributed by atoms with Crippen molar-refractivity contribution in [2.24, 2.45) is 5.10 Å². The van der Waals surface area contributed by atoms with Crippen molar-refractivity contribution in [2.45, 2.75) is 65.0 Å². The van der Waals surface area contributed by atoms with E-state index in [0.717, 1.165) is 67.7 Å². The Bertz CT molecular complexity index is 1120. The van der Waals surface area contributed by atoms with Gasteiger partial charge in [-0.1, -0.05) is 33.3 Å². The molecule has 35 heavy (non-hydrogen) atoms. The molecule has 7 heteroatoms. The number of pyridine rings is 1. The first-order chi connectivity index (χ1) is 17.1. The van der Waals surface area contributed by atoms with Gasteiger partial charge in [0, 0.05) is 42.8 Å². The number of nitriles is 1. The number of piperazine rings is 1. The van der Waals surface area contributed by atoms with Gasteiger partial charge in [0.05, 0.1) is 29.1 Å². The van der Waals surface area contributed by atoms with Crippen molar-refractivity contribution in [3.8, 4) is 6.07 Å². The Morgan fingerprint density at radius 3 is 2.69 bits per heavy atom. The van der Waals surface area contributed by atoms with Crippen LogP contribution in [-0.4, -0.2) is 47.1 Å². The molecule has 0 radical (unpaired) electrons. The average Bonchev–Trinajstić information content (AvgIpc) is 2.90. The minimum Gasteiger partial charge on any atom is -0.360 e. The summed E-state index contributed by atoms with van der Waals surface area (Å²) in [5, 5.41) is 27.6. The van der Waals surface area contributed by atoms with Crippen LogP contribution in [0.3, 0.4) is 0 Å². The minimum atomic E-state index is 0.309. The fourth-order valence-electron chi connectivity index (χ4n) is 4.88. The van der Waals surface area contributed by atoms with E-state index in [2.05, 4.69) is 72.4 Å². The molecular formula is C28H35N7. The molecule has 0 amide bonds. The number of rotatable bonds is 9. The molecule has 1 aromatic heterocycles. The van der Waals surface area contributed by atoms with Gasteiger partial charge < -0.3 is 15.6 Å². The molecule has 4 aliphatic heterocycles. The standard InChI is InChI=1S/C28H35N7/c1-4-7-9-23(6-3)33-35-24-13-25(35)19-34(18-24)27-11-10-21(17-31-27)26-12-20(8-5-2)16-32-28(26)22(14-29)15-30/h7,9-12,14,16-17,24-25,29,32H,4-6,8,13,18-19H2,1-3H3/b9-7-,28-22+,29-14?,33-23-. The van der Waals surface area contributed by atoms with Gasteiger partial charge in [0.25, 0.3) is 0 Å². The molecule has 2 N–H and O–H groups in total. The predicted molar refractivity (Wildman–Crippen MR) is 143 cm³/mol. The van der Waals surface area contributed by atoms with Crippen molar-refractivity contribution >= 4 is 23.3 Å². The highest BCUT2D eigenvalue weighted by Gasteiger charge is 2.44. The summed E-state index contributed by atoms with van der Waals surface area (Å²) in [5.74, 6) is 0.973. The Balaban J connectivity index is 1.51. The van der Waals surface area contributed by atoms with Gasteiger partial charge in [0.1, 0.15) is 11.9 Å². The highest BCUT2D eigenvalue weighted by atomic mass is 15.6. The quantitative estimate of drug-likeness (QED) is 0.384. The van der Waals surface area contributed by atoms with E-state index in [1.54, 1.807) is 0 Å². The highest BCUT2D eigenvalue weighted by Crippen LogP contribution is 2.35. The number of allylic oxidation sites excluding steroid dienone is 6. The molecule has 5 rings (SSSR count). The molecule has 182 valence electrons. The molecule has 3 saturated heterocycles. The van der Waals surface area contributed by atoms with Gasteiger partial charge in [-0.25, -0.2) is 4.98 Å². The van der Waals surface area contributed by atoms with Gasteiger partial charge in [0.15, 0.2) is 0 Å². The maximum Gasteiger partial charge on any atom is 0.128 e. The molecule has 5 heterocycles. The summed E-state index contributed by atoms with van der Waals surface area (Å²) < 4.78 is 0. The molecule has 0 aliphatic carbocycles. The number of aromatic nitrogens is 1. The van der Waals surface area contributed by atoms with Crippen LogP contribution in [0.4, 0.5) is 5.82 Å². The van der Waals surface area contributed by atoms with Crippen LogP contribution >= 0.6 is 0 Å². The number of hydrogen-bond acceptors (Lipinski definition) is 7. The molecule has 0 aromatic carbocycles. The van der Waals surface area contributed by atoms with Crippen molar-refractivity contribution in [1.29, 1.82) is 10.7 Å². The normalized spacial score (nSPS) is 23.2. The number of fused-ring (bicyclic) bond motifs is 2. The number of hydrogen-bond donors (Lipinski definition) is 2. The van der Waals surface area contributed by atoms with Crippen LogP contribution in [-0.2, 0) is 0 Å². The zero-order valence-electron chi connectivity index (χ0n) is 21.0. The van der Waals surface area contributed by atoms with Crippen LogP contribution in [0.25, 0.3) is 5.57 Å². The lowest BCUT2D eigenvalue weighted by Gasteiger charge is -2.55. The lowest BCUT2D eigenvalue weighted by atomic mass is 9.89. The molecule has 2 bridgehead atoms. The van der Waals surface area contributed by atoms with Gasteiger partial charge in [-0.05, 0) is 55.5 Å². The fraction of sp³-hybridized carbons (Fsp3) is 0.429. The van der Waals surface area contributed by atoms with Crippen molar-refractivity contribution in [2.75, 3.05) is 18.0 Å². The zero-order chi connectivity index (χ0) is 24.8. The minimum absolute atomic E-state index is 0.309. The Morgan fingerprint density at radius 1 is 1.29 bits per heavy atom. The van der Waals surface area contributed by atoms with Gasteiger partial charge in [-0.15, -0.1) is 0 Å². The summed E-state index contributed by atoms with van der Waals surface area (Å²) in [7, 11) is 0. The molecule has 2 unspecified atom stereocenters. The van der Waals surface area contributed by atoms with Gasteiger partial charge in [0.2, 0.25) is 0 Å². The molecule has 2 atom stereocenters. The topological polar surface area (TPSA) is 91.4 Å². The Labute approximate surface area is 208 Å². The van der Waals surface area contributed by atoms with E-state index in [4.69, 9.17) is 15.5 Å². The second-order valence-corrected chi connectivity index (χ2v) is 9.21. The summed E-state index contributed by atoms with van der Waals surface area (Å²) in [6.07, 6.45) is 16.5. The van der Waals surface area contributed by atoms with Gasteiger partial charge >= 0.3 is 0 Å². The summed E-state index contributed by atoms with van der Waals surface area (Å²) in [6, 6.07) is 7.13. The number of nitrogens with one attached hydrogen (secondary N) is 2. The maximum absolute atomic E-state index is 9.50. The van der Waals surface area contributed by atoms with E-state index in [1.807, 2.05) is 12.4 Å². The van der Waals surface area contributed by atoms with E-state index in [-0.39, 0.29) is 0 Å². The zero-order valence-corrected chi connectivity index (χ0v) is 21.0. The van der Waals surface area contributed by atoms with E-state index in [1.165, 1.54) is 12.0 Å². The summed E-state index contributed by atoms with van der Waals surface area (Å²) in [5.41, 5.74) is 5.14. The number of hydrazone groups is 1. The molecule has 0 saturated carbocycles.